The monoisotopic (exact) mass is 262 g/mol. The van der Waals surface area contributed by atoms with Crippen LogP contribution in [0.4, 0.5) is 0 Å². The Kier molecular flexibility index (Phi) is 3.45. The number of hydrogen-bond acceptors (Lipinski definition) is 3. The van der Waals surface area contributed by atoms with Gasteiger partial charge in [0.1, 0.15) is 0 Å². The van der Waals surface area contributed by atoms with Gasteiger partial charge >= 0.3 is 13.1 Å². The molecule has 1 aliphatic heterocycles. The van der Waals surface area contributed by atoms with E-state index in [0.717, 1.165) is 11.0 Å². The molecule has 1 heterocycles. The lowest BCUT2D eigenvalue weighted by molar-refractivity contribution is -0.136. The van der Waals surface area contributed by atoms with Crippen molar-refractivity contribution in [3.05, 3.63) is 29.8 Å². The van der Waals surface area contributed by atoms with Gasteiger partial charge in [-0.15, -0.1) is 0 Å². The largest absolute Gasteiger partial charge is 0.495 e. The molecule has 5 heteroatoms. The van der Waals surface area contributed by atoms with E-state index in [2.05, 4.69) is 0 Å². The van der Waals surface area contributed by atoms with Crippen LogP contribution in [0.3, 0.4) is 0 Å². The first kappa shape index (κ1) is 14.1. The van der Waals surface area contributed by atoms with Crippen molar-refractivity contribution in [2.45, 2.75) is 45.3 Å². The van der Waals surface area contributed by atoms with Crippen LogP contribution in [0.5, 0.6) is 0 Å². The lowest BCUT2D eigenvalue weighted by Gasteiger charge is -2.32. The van der Waals surface area contributed by atoms with Gasteiger partial charge in [-0.25, -0.2) is 0 Å². The SMILES string of the molecule is CC1(C)OB(c2ccccc2CC(=O)O)OC1(C)C. The fraction of sp³-hybridized carbons (Fsp3) is 0.500. The summed E-state index contributed by atoms with van der Waals surface area (Å²) in [6.45, 7) is 7.92. The van der Waals surface area contributed by atoms with Crippen LogP contribution >= 0.6 is 0 Å². The van der Waals surface area contributed by atoms with E-state index in [1.54, 1.807) is 6.07 Å². The lowest BCUT2D eigenvalue weighted by Crippen LogP contribution is -2.41. The lowest BCUT2D eigenvalue weighted by atomic mass is 9.75. The average Bonchev–Trinajstić information content (AvgIpc) is 2.48. The summed E-state index contributed by atoms with van der Waals surface area (Å²) in [5, 5.41) is 8.96. The van der Waals surface area contributed by atoms with Crippen LogP contribution in [-0.2, 0) is 20.5 Å². The Balaban J connectivity index is 2.32. The summed E-state index contributed by atoms with van der Waals surface area (Å²) in [6.07, 6.45) is -0.0275. The van der Waals surface area contributed by atoms with Gasteiger partial charge < -0.3 is 14.4 Å². The first-order valence-electron chi connectivity index (χ1n) is 6.38. The van der Waals surface area contributed by atoms with E-state index in [4.69, 9.17) is 14.4 Å². The van der Waals surface area contributed by atoms with Crippen LogP contribution in [0.1, 0.15) is 33.3 Å². The van der Waals surface area contributed by atoms with Crippen molar-refractivity contribution in [1.82, 2.24) is 0 Å². The molecule has 1 fully saturated rings. The highest BCUT2D eigenvalue weighted by atomic mass is 16.7. The highest BCUT2D eigenvalue weighted by Crippen LogP contribution is 2.36. The van der Waals surface area contributed by atoms with Crippen LogP contribution in [-0.4, -0.2) is 29.4 Å². The molecule has 1 saturated heterocycles. The zero-order valence-electron chi connectivity index (χ0n) is 11.8. The Morgan fingerprint density at radius 2 is 1.68 bits per heavy atom. The number of carbonyl (C=O) groups is 1. The summed E-state index contributed by atoms with van der Waals surface area (Å²) < 4.78 is 11.9. The van der Waals surface area contributed by atoms with Crippen molar-refractivity contribution in [2.24, 2.45) is 0 Å². The highest BCUT2D eigenvalue weighted by molar-refractivity contribution is 6.62. The van der Waals surface area contributed by atoms with Crippen molar-refractivity contribution in [3.63, 3.8) is 0 Å². The van der Waals surface area contributed by atoms with Crippen molar-refractivity contribution in [2.75, 3.05) is 0 Å². The molecule has 0 atom stereocenters. The van der Waals surface area contributed by atoms with Gasteiger partial charge in [0.2, 0.25) is 0 Å². The molecular weight excluding hydrogens is 243 g/mol. The third-order valence-corrected chi connectivity index (χ3v) is 3.90. The van der Waals surface area contributed by atoms with E-state index in [9.17, 15) is 4.79 Å². The molecule has 0 bridgehead atoms. The van der Waals surface area contributed by atoms with E-state index < -0.39 is 24.3 Å². The summed E-state index contributed by atoms with van der Waals surface area (Å²) >= 11 is 0. The second-order valence-corrected chi connectivity index (χ2v) is 5.86. The molecule has 2 rings (SSSR count). The number of hydrogen-bond donors (Lipinski definition) is 1. The number of aliphatic carboxylic acids is 1. The second-order valence-electron chi connectivity index (χ2n) is 5.86. The molecule has 1 N–H and O–H groups in total. The summed E-state index contributed by atoms with van der Waals surface area (Å²) in [4.78, 5) is 10.9. The van der Waals surface area contributed by atoms with Crippen LogP contribution in [0, 0.1) is 0 Å². The van der Waals surface area contributed by atoms with E-state index in [1.165, 1.54) is 0 Å². The molecule has 0 amide bonds. The summed E-state index contributed by atoms with van der Waals surface area (Å²) in [6, 6.07) is 7.35. The standard InChI is InChI=1S/C14H19BO4/c1-13(2)14(3,4)19-15(18-13)11-8-6-5-7-10(11)9-12(16)17/h5-8H,9H2,1-4H3,(H,16,17). The topological polar surface area (TPSA) is 55.8 Å². The molecule has 0 aromatic heterocycles. The molecule has 0 saturated carbocycles. The maximum Gasteiger partial charge on any atom is 0.495 e. The molecular formula is C14H19BO4. The Hall–Kier alpha value is -1.33. The first-order chi connectivity index (χ1) is 8.73. The molecule has 4 nitrogen and oxygen atoms in total. The molecule has 102 valence electrons. The van der Waals surface area contributed by atoms with Gasteiger partial charge in [-0.3, -0.25) is 4.79 Å². The Labute approximate surface area is 113 Å². The first-order valence-corrected chi connectivity index (χ1v) is 6.38. The third kappa shape index (κ3) is 2.67. The summed E-state index contributed by atoms with van der Waals surface area (Å²) in [5.41, 5.74) is 0.680. The van der Waals surface area contributed by atoms with Gasteiger partial charge in [0, 0.05) is 0 Å². The van der Waals surface area contributed by atoms with E-state index in [-0.39, 0.29) is 6.42 Å². The predicted octanol–water partition coefficient (Wildman–Crippen LogP) is 1.61. The van der Waals surface area contributed by atoms with Gasteiger partial charge in [-0.2, -0.15) is 0 Å². The predicted molar refractivity (Wildman–Crippen MR) is 73.5 cm³/mol. The quantitative estimate of drug-likeness (QED) is 0.841. The van der Waals surface area contributed by atoms with Gasteiger partial charge in [-0.05, 0) is 38.7 Å². The number of carboxylic acids is 1. The molecule has 0 spiro atoms. The minimum absolute atomic E-state index is 0.0275. The van der Waals surface area contributed by atoms with Gasteiger partial charge in [0.15, 0.2) is 0 Å². The molecule has 0 radical (unpaired) electrons. The Morgan fingerprint density at radius 1 is 1.16 bits per heavy atom. The number of carboxylic acid groups (broad SMARTS) is 1. The zero-order valence-corrected chi connectivity index (χ0v) is 11.8. The minimum atomic E-state index is -0.857. The minimum Gasteiger partial charge on any atom is -0.481 e. The fourth-order valence-electron chi connectivity index (χ4n) is 2.06. The molecule has 0 unspecified atom stereocenters. The van der Waals surface area contributed by atoms with E-state index in [1.807, 2.05) is 45.9 Å². The maximum atomic E-state index is 10.9. The van der Waals surface area contributed by atoms with Gasteiger partial charge in [-0.1, -0.05) is 24.3 Å². The second kappa shape index (κ2) is 4.65. The Morgan fingerprint density at radius 3 is 2.21 bits per heavy atom. The van der Waals surface area contributed by atoms with Crippen molar-refractivity contribution < 1.29 is 19.2 Å². The average molecular weight is 262 g/mol. The van der Waals surface area contributed by atoms with Crippen molar-refractivity contribution >= 4 is 18.6 Å². The van der Waals surface area contributed by atoms with Crippen LogP contribution < -0.4 is 5.46 Å². The maximum absolute atomic E-state index is 10.9. The summed E-state index contributed by atoms with van der Waals surface area (Å²) in [5.74, 6) is -0.857. The molecule has 1 aromatic rings. The fourth-order valence-corrected chi connectivity index (χ4v) is 2.06. The number of benzene rings is 1. The van der Waals surface area contributed by atoms with E-state index in [0.29, 0.717) is 0 Å². The van der Waals surface area contributed by atoms with E-state index >= 15 is 0 Å². The summed E-state index contributed by atoms with van der Waals surface area (Å²) in [7, 11) is -0.513. The highest BCUT2D eigenvalue weighted by Gasteiger charge is 2.52. The molecule has 19 heavy (non-hydrogen) atoms. The molecule has 0 aliphatic carbocycles. The van der Waals surface area contributed by atoms with Crippen LogP contribution in [0.15, 0.2) is 24.3 Å². The van der Waals surface area contributed by atoms with Crippen LogP contribution in [0.25, 0.3) is 0 Å². The van der Waals surface area contributed by atoms with Crippen LogP contribution in [0.2, 0.25) is 0 Å². The number of rotatable bonds is 3. The van der Waals surface area contributed by atoms with Crippen molar-refractivity contribution in [1.29, 1.82) is 0 Å². The van der Waals surface area contributed by atoms with Gasteiger partial charge in [0.25, 0.3) is 0 Å². The zero-order chi connectivity index (χ0) is 14.3. The Bertz CT molecular complexity index is 480. The smallest absolute Gasteiger partial charge is 0.481 e. The molecule has 1 aliphatic rings. The normalized spacial score (nSPS) is 20.5. The van der Waals surface area contributed by atoms with Crippen molar-refractivity contribution in [3.8, 4) is 0 Å². The van der Waals surface area contributed by atoms with Gasteiger partial charge in [0.05, 0.1) is 17.6 Å². The molecule has 1 aromatic carbocycles. The third-order valence-electron chi connectivity index (χ3n) is 3.90.